The highest BCUT2D eigenvalue weighted by molar-refractivity contribution is 7.13. The Labute approximate surface area is 135 Å². The van der Waals surface area contributed by atoms with Crippen LogP contribution in [0.15, 0.2) is 0 Å². The number of nitrogens with one attached hydrogen (secondary N) is 1. The van der Waals surface area contributed by atoms with Crippen molar-refractivity contribution < 1.29 is 14.6 Å². The second-order valence-electron chi connectivity index (χ2n) is 6.52. The lowest BCUT2D eigenvalue weighted by atomic mass is 9.92. The van der Waals surface area contributed by atoms with Gasteiger partial charge < -0.3 is 20.9 Å². The van der Waals surface area contributed by atoms with Crippen LogP contribution in [0.4, 0.5) is 0 Å². The van der Waals surface area contributed by atoms with Crippen LogP contribution in [-0.2, 0) is 0 Å². The first kappa shape index (κ1) is 17.2. The van der Waals surface area contributed by atoms with Crippen molar-refractivity contribution >= 4 is 17.2 Å². The van der Waals surface area contributed by atoms with E-state index in [2.05, 4.69) is 10.3 Å². The molecule has 6 nitrogen and oxygen atoms in total. The first-order chi connectivity index (χ1) is 10.2. The number of aromatic nitrogens is 1. The molecule has 1 heterocycles. The van der Waals surface area contributed by atoms with Crippen LogP contribution in [0.25, 0.3) is 0 Å². The van der Waals surface area contributed by atoms with Crippen LogP contribution in [-0.4, -0.2) is 40.3 Å². The van der Waals surface area contributed by atoms with E-state index in [0.717, 1.165) is 30.7 Å². The van der Waals surface area contributed by atoms with Crippen LogP contribution < -0.4 is 15.8 Å². The highest BCUT2D eigenvalue weighted by Gasteiger charge is 2.26. The van der Waals surface area contributed by atoms with Gasteiger partial charge in [0.1, 0.15) is 6.10 Å². The minimum absolute atomic E-state index is 0.0692. The van der Waals surface area contributed by atoms with Crippen molar-refractivity contribution in [2.45, 2.75) is 64.2 Å². The van der Waals surface area contributed by atoms with Crippen LogP contribution >= 0.6 is 11.3 Å². The third-order valence-corrected chi connectivity index (χ3v) is 4.67. The maximum absolute atomic E-state index is 11.4. The Bertz CT molecular complexity index is 517. The van der Waals surface area contributed by atoms with Crippen LogP contribution in [0.2, 0.25) is 0 Å². The minimum atomic E-state index is -0.693. The van der Waals surface area contributed by atoms with Gasteiger partial charge in [-0.2, -0.15) is 0 Å². The Kier molecular flexibility index (Phi) is 5.41. The minimum Gasteiger partial charge on any atom is -0.473 e. The summed E-state index contributed by atoms with van der Waals surface area (Å²) in [6.07, 6.45) is 3.84. The number of hydrogen-bond acceptors (Lipinski definition) is 6. The highest BCUT2D eigenvalue weighted by Crippen LogP contribution is 2.29. The Morgan fingerprint density at radius 3 is 2.64 bits per heavy atom. The van der Waals surface area contributed by atoms with Gasteiger partial charge in [-0.3, -0.25) is 4.79 Å². The monoisotopic (exact) mass is 327 g/mol. The molecule has 1 saturated carbocycles. The fourth-order valence-corrected chi connectivity index (χ4v) is 3.29. The molecule has 0 radical (unpaired) electrons. The quantitative estimate of drug-likeness (QED) is 0.737. The number of hydrogen-bond donors (Lipinski definition) is 3. The van der Waals surface area contributed by atoms with E-state index < -0.39 is 11.5 Å². The van der Waals surface area contributed by atoms with Gasteiger partial charge in [0.2, 0.25) is 5.88 Å². The average molecular weight is 327 g/mol. The summed E-state index contributed by atoms with van der Waals surface area (Å²) in [5.41, 5.74) is 4.66. The number of amides is 1. The van der Waals surface area contributed by atoms with Gasteiger partial charge in [0.15, 0.2) is 4.88 Å². The number of aryl methyl sites for hydroxylation is 1. The molecule has 1 amide bonds. The molecule has 0 spiro atoms. The number of aliphatic hydroxyl groups is 1. The third-order valence-electron chi connectivity index (χ3n) is 3.70. The van der Waals surface area contributed by atoms with E-state index in [4.69, 9.17) is 10.5 Å². The number of nitrogens with zero attached hydrogens (tertiary/aromatic N) is 1. The molecular weight excluding hydrogens is 302 g/mol. The van der Waals surface area contributed by atoms with Crippen molar-refractivity contribution in [3.05, 3.63) is 9.88 Å². The molecule has 2 rings (SSSR count). The van der Waals surface area contributed by atoms with Gasteiger partial charge in [0, 0.05) is 12.6 Å². The molecule has 0 saturated heterocycles. The predicted molar refractivity (Wildman–Crippen MR) is 86.3 cm³/mol. The average Bonchev–Trinajstić information content (AvgIpc) is 2.78. The highest BCUT2D eigenvalue weighted by atomic mass is 32.1. The van der Waals surface area contributed by atoms with Gasteiger partial charge in [-0.25, -0.2) is 4.98 Å². The van der Waals surface area contributed by atoms with Crippen molar-refractivity contribution in [2.24, 2.45) is 5.73 Å². The Balaban J connectivity index is 1.84. The zero-order valence-corrected chi connectivity index (χ0v) is 14.2. The molecule has 7 heteroatoms. The molecule has 124 valence electrons. The number of primary amides is 1. The standard InChI is InChI=1S/C15H25N3O3S/c1-9-18-14(12(22-9)13(16)19)21-11-6-4-10(5-7-11)17-8-15(2,3)20/h10-11,17,20H,4-8H2,1-3H3,(H2,16,19). The fourth-order valence-electron chi connectivity index (χ4n) is 2.58. The lowest BCUT2D eigenvalue weighted by Gasteiger charge is -2.31. The summed E-state index contributed by atoms with van der Waals surface area (Å²) in [5, 5.41) is 13.9. The number of carbonyl (C=O) groups is 1. The first-order valence-electron chi connectivity index (χ1n) is 7.64. The topological polar surface area (TPSA) is 97.5 Å². The maximum atomic E-state index is 11.4. The Morgan fingerprint density at radius 1 is 1.45 bits per heavy atom. The van der Waals surface area contributed by atoms with Crippen molar-refractivity contribution in [1.82, 2.24) is 10.3 Å². The second-order valence-corrected chi connectivity index (χ2v) is 7.72. The third kappa shape index (κ3) is 4.93. The molecule has 0 aliphatic heterocycles. The van der Waals surface area contributed by atoms with Gasteiger partial charge in [-0.15, -0.1) is 11.3 Å². The fraction of sp³-hybridized carbons (Fsp3) is 0.733. The van der Waals surface area contributed by atoms with E-state index >= 15 is 0 Å². The van der Waals surface area contributed by atoms with Crippen LogP contribution in [0.5, 0.6) is 5.88 Å². The van der Waals surface area contributed by atoms with Crippen molar-refractivity contribution in [1.29, 1.82) is 0 Å². The molecule has 1 aliphatic carbocycles. The molecule has 0 atom stereocenters. The largest absolute Gasteiger partial charge is 0.473 e. The molecule has 0 bridgehead atoms. The summed E-state index contributed by atoms with van der Waals surface area (Å²) in [4.78, 5) is 16.0. The number of ether oxygens (including phenoxy) is 1. The zero-order chi connectivity index (χ0) is 16.3. The SMILES string of the molecule is Cc1nc(OC2CCC(NCC(C)(C)O)CC2)c(C(N)=O)s1. The summed E-state index contributed by atoms with van der Waals surface area (Å²) in [6.45, 7) is 6.01. The number of carbonyl (C=O) groups excluding carboxylic acids is 1. The van der Waals surface area contributed by atoms with Crippen molar-refractivity contribution in [3.8, 4) is 5.88 Å². The molecule has 0 unspecified atom stereocenters. The summed E-state index contributed by atoms with van der Waals surface area (Å²) in [5.74, 6) is -0.107. The van der Waals surface area contributed by atoms with E-state index in [1.807, 2.05) is 6.92 Å². The summed E-state index contributed by atoms with van der Waals surface area (Å²) >= 11 is 1.27. The zero-order valence-electron chi connectivity index (χ0n) is 13.4. The van der Waals surface area contributed by atoms with Crippen LogP contribution in [0.1, 0.15) is 54.2 Å². The molecule has 0 aromatic carbocycles. The van der Waals surface area contributed by atoms with Gasteiger partial charge in [-0.1, -0.05) is 0 Å². The molecule has 22 heavy (non-hydrogen) atoms. The molecule has 1 aromatic rings. The number of nitrogens with two attached hydrogens (primary N) is 1. The van der Waals surface area contributed by atoms with Gasteiger partial charge >= 0.3 is 0 Å². The van der Waals surface area contributed by atoms with Gasteiger partial charge in [0.25, 0.3) is 5.91 Å². The smallest absolute Gasteiger partial charge is 0.264 e. The van der Waals surface area contributed by atoms with E-state index in [1.165, 1.54) is 11.3 Å². The number of thiazole rings is 1. The molecule has 1 fully saturated rings. The van der Waals surface area contributed by atoms with Crippen LogP contribution in [0.3, 0.4) is 0 Å². The Morgan fingerprint density at radius 2 is 2.09 bits per heavy atom. The van der Waals surface area contributed by atoms with E-state index in [0.29, 0.717) is 23.3 Å². The summed E-state index contributed by atoms with van der Waals surface area (Å²) < 4.78 is 5.88. The number of rotatable bonds is 6. The molecule has 4 N–H and O–H groups in total. The van der Waals surface area contributed by atoms with Crippen LogP contribution in [0, 0.1) is 6.92 Å². The van der Waals surface area contributed by atoms with Gasteiger partial charge in [-0.05, 0) is 46.5 Å². The lowest BCUT2D eigenvalue weighted by Crippen LogP contribution is -2.43. The van der Waals surface area contributed by atoms with E-state index in [1.54, 1.807) is 13.8 Å². The lowest BCUT2D eigenvalue weighted by molar-refractivity contribution is 0.0697. The first-order valence-corrected chi connectivity index (χ1v) is 8.46. The maximum Gasteiger partial charge on any atom is 0.264 e. The van der Waals surface area contributed by atoms with Gasteiger partial charge in [0.05, 0.1) is 10.6 Å². The molecule has 1 aliphatic rings. The second kappa shape index (κ2) is 6.93. The summed E-state index contributed by atoms with van der Waals surface area (Å²) in [6, 6.07) is 0.402. The van der Waals surface area contributed by atoms with E-state index in [9.17, 15) is 9.90 Å². The predicted octanol–water partition coefficient (Wildman–Crippen LogP) is 1.60. The normalized spacial score (nSPS) is 22.5. The molecule has 1 aromatic heterocycles. The van der Waals surface area contributed by atoms with Crippen molar-refractivity contribution in [3.63, 3.8) is 0 Å². The van der Waals surface area contributed by atoms with Crippen molar-refractivity contribution in [2.75, 3.05) is 6.54 Å². The molecular formula is C15H25N3O3S. The Hall–Kier alpha value is -1.18. The van der Waals surface area contributed by atoms with E-state index in [-0.39, 0.29) is 6.10 Å². The summed E-state index contributed by atoms with van der Waals surface area (Å²) in [7, 11) is 0.